The molecule has 26 heavy (non-hydrogen) atoms. The second kappa shape index (κ2) is 7.70. The minimum absolute atomic E-state index is 0.0358. The molecular weight excluding hydrogens is 353 g/mol. The van der Waals surface area contributed by atoms with Crippen molar-refractivity contribution in [3.63, 3.8) is 0 Å². The summed E-state index contributed by atoms with van der Waals surface area (Å²) in [7, 11) is 3.66. The summed E-state index contributed by atoms with van der Waals surface area (Å²) in [5.74, 6) is 0.258. The van der Waals surface area contributed by atoms with Crippen LogP contribution in [0.1, 0.15) is 26.5 Å². The molecule has 0 atom stereocenters. The van der Waals surface area contributed by atoms with E-state index in [-0.39, 0.29) is 11.7 Å². The Morgan fingerprint density at radius 1 is 1.35 bits per heavy atom. The molecule has 3 rings (SSSR count). The molecular formula is C19H20FN3O2S. The Balaban J connectivity index is 1.60. The molecule has 0 spiro atoms. The number of hydrogen-bond acceptors (Lipinski definition) is 4. The molecule has 1 aromatic carbocycles. The van der Waals surface area contributed by atoms with Crippen LogP contribution in [0.25, 0.3) is 0 Å². The maximum absolute atomic E-state index is 12.9. The van der Waals surface area contributed by atoms with Gasteiger partial charge in [-0.2, -0.15) is 5.10 Å². The van der Waals surface area contributed by atoms with Gasteiger partial charge in [-0.25, -0.2) is 4.39 Å². The van der Waals surface area contributed by atoms with Gasteiger partial charge in [-0.05, 0) is 42.6 Å². The number of nitrogens with zero attached hydrogens (tertiary/aromatic N) is 3. The number of aryl methyl sites for hydroxylation is 1. The van der Waals surface area contributed by atoms with E-state index in [4.69, 9.17) is 4.74 Å². The number of rotatable bonds is 6. The molecule has 3 aromatic rings. The van der Waals surface area contributed by atoms with E-state index < -0.39 is 0 Å². The number of aromatic nitrogens is 2. The van der Waals surface area contributed by atoms with E-state index in [0.29, 0.717) is 23.8 Å². The first-order valence-electron chi connectivity index (χ1n) is 8.12. The van der Waals surface area contributed by atoms with Crippen molar-refractivity contribution in [2.45, 2.75) is 20.1 Å². The van der Waals surface area contributed by atoms with Crippen LogP contribution >= 0.6 is 11.3 Å². The van der Waals surface area contributed by atoms with Crippen LogP contribution in [0.4, 0.5) is 4.39 Å². The standard InChI is InChI=1S/C19H20FN3O2S/c1-13-15(9-21-23(13)3)10-22(2)19(24)18-8-14(12-26-18)11-25-17-6-4-16(20)5-7-17/h4-9,12H,10-11H2,1-3H3. The molecule has 7 heteroatoms. The summed E-state index contributed by atoms with van der Waals surface area (Å²) in [6, 6.07) is 7.71. The van der Waals surface area contributed by atoms with Crippen molar-refractivity contribution in [1.82, 2.24) is 14.7 Å². The van der Waals surface area contributed by atoms with Crippen LogP contribution in [0.15, 0.2) is 41.9 Å². The topological polar surface area (TPSA) is 47.4 Å². The van der Waals surface area contributed by atoms with Crippen LogP contribution in [0.5, 0.6) is 5.75 Å². The highest BCUT2D eigenvalue weighted by molar-refractivity contribution is 7.12. The molecule has 1 amide bonds. The number of halogens is 1. The number of benzene rings is 1. The lowest BCUT2D eigenvalue weighted by Gasteiger charge is -2.15. The second-order valence-corrected chi connectivity index (χ2v) is 7.01. The zero-order valence-corrected chi connectivity index (χ0v) is 15.7. The third-order valence-electron chi connectivity index (χ3n) is 4.17. The molecule has 0 saturated heterocycles. The first-order valence-corrected chi connectivity index (χ1v) is 9.00. The van der Waals surface area contributed by atoms with E-state index in [1.807, 2.05) is 25.4 Å². The number of carbonyl (C=O) groups is 1. The predicted molar refractivity (Wildman–Crippen MR) is 98.8 cm³/mol. The molecule has 0 aliphatic rings. The second-order valence-electron chi connectivity index (χ2n) is 6.10. The fourth-order valence-corrected chi connectivity index (χ4v) is 3.37. The highest BCUT2D eigenvalue weighted by Gasteiger charge is 2.16. The summed E-state index contributed by atoms with van der Waals surface area (Å²) >= 11 is 1.39. The van der Waals surface area contributed by atoms with Gasteiger partial charge in [-0.1, -0.05) is 0 Å². The Hall–Kier alpha value is -2.67. The van der Waals surface area contributed by atoms with E-state index >= 15 is 0 Å². The Morgan fingerprint density at radius 2 is 2.08 bits per heavy atom. The van der Waals surface area contributed by atoms with E-state index in [1.54, 1.807) is 35.0 Å². The summed E-state index contributed by atoms with van der Waals surface area (Å²) in [6.07, 6.45) is 1.79. The molecule has 2 aromatic heterocycles. The first kappa shape index (κ1) is 18.1. The Labute approximate surface area is 155 Å². The van der Waals surface area contributed by atoms with Gasteiger partial charge in [-0.15, -0.1) is 11.3 Å². The monoisotopic (exact) mass is 373 g/mol. The van der Waals surface area contributed by atoms with Gasteiger partial charge in [-0.3, -0.25) is 9.48 Å². The van der Waals surface area contributed by atoms with Crippen LogP contribution in [-0.4, -0.2) is 27.6 Å². The predicted octanol–water partition coefficient (Wildman–Crippen LogP) is 3.78. The Bertz CT molecular complexity index is 902. The van der Waals surface area contributed by atoms with Gasteiger partial charge in [0.2, 0.25) is 0 Å². The Morgan fingerprint density at radius 3 is 2.73 bits per heavy atom. The third kappa shape index (κ3) is 4.11. The highest BCUT2D eigenvalue weighted by atomic mass is 32.1. The van der Waals surface area contributed by atoms with Crippen LogP contribution in [0.3, 0.4) is 0 Å². The maximum atomic E-state index is 12.9. The van der Waals surface area contributed by atoms with Crippen LogP contribution in [0.2, 0.25) is 0 Å². The number of ether oxygens (including phenoxy) is 1. The molecule has 0 N–H and O–H groups in total. The molecule has 0 fully saturated rings. The minimum Gasteiger partial charge on any atom is -0.489 e. The van der Waals surface area contributed by atoms with Crippen molar-refractivity contribution in [3.05, 3.63) is 69.4 Å². The fourth-order valence-electron chi connectivity index (χ4n) is 2.48. The van der Waals surface area contributed by atoms with Gasteiger partial charge in [0.25, 0.3) is 5.91 Å². The maximum Gasteiger partial charge on any atom is 0.263 e. The summed E-state index contributed by atoms with van der Waals surface area (Å²) in [5, 5.41) is 6.11. The lowest BCUT2D eigenvalue weighted by Crippen LogP contribution is -2.25. The van der Waals surface area contributed by atoms with Crippen molar-refractivity contribution in [2.75, 3.05) is 7.05 Å². The van der Waals surface area contributed by atoms with E-state index in [9.17, 15) is 9.18 Å². The molecule has 0 unspecified atom stereocenters. The summed E-state index contributed by atoms with van der Waals surface area (Å²) in [5.41, 5.74) is 2.98. The van der Waals surface area contributed by atoms with Crippen molar-refractivity contribution in [2.24, 2.45) is 7.05 Å². The smallest absolute Gasteiger partial charge is 0.263 e. The molecule has 0 bridgehead atoms. The zero-order chi connectivity index (χ0) is 18.7. The Kier molecular flexibility index (Phi) is 5.37. The summed E-state index contributed by atoms with van der Waals surface area (Å²) < 4.78 is 20.3. The number of amides is 1. The third-order valence-corrected chi connectivity index (χ3v) is 5.14. The van der Waals surface area contributed by atoms with Crippen molar-refractivity contribution < 1.29 is 13.9 Å². The molecule has 2 heterocycles. The van der Waals surface area contributed by atoms with E-state index in [1.165, 1.54) is 23.5 Å². The lowest BCUT2D eigenvalue weighted by molar-refractivity contribution is 0.0789. The lowest BCUT2D eigenvalue weighted by atomic mass is 10.2. The van der Waals surface area contributed by atoms with Crippen LogP contribution in [-0.2, 0) is 20.2 Å². The summed E-state index contributed by atoms with van der Waals surface area (Å²) in [4.78, 5) is 15.0. The van der Waals surface area contributed by atoms with Gasteiger partial charge in [0, 0.05) is 37.5 Å². The van der Waals surface area contributed by atoms with Gasteiger partial charge < -0.3 is 9.64 Å². The number of thiophene rings is 1. The molecule has 5 nitrogen and oxygen atoms in total. The first-order chi connectivity index (χ1) is 12.4. The molecule has 0 radical (unpaired) electrons. The largest absolute Gasteiger partial charge is 0.489 e. The quantitative estimate of drug-likeness (QED) is 0.661. The van der Waals surface area contributed by atoms with Gasteiger partial charge >= 0.3 is 0 Å². The molecule has 136 valence electrons. The van der Waals surface area contributed by atoms with E-state index in [0.717, 1.165) is 16.8 Å². The van der Waals surface area contributed by atoms with Crippen LogP contribution in [0, 0.1) is 12.7 Å². The van der Waals surface area contributed by atoms with Crippen molar-refractivity contribution in [1.29, 1.82) is 0 Å². The molecule has 0 aliphatic heterocycles. The number of carbonyl (C=O) groups excluding carboxylic acids is 1. The zero-order valence-electron chi connectivity index (χ0n) is 14.9. The summed E-state index contributed by atoms with van der Waals surface area (Å²) in [6.45, 7) is 2.83. The van der Waals surface area contributed by atoms with Crippen molar-refractivity contribution in [3.8, 4) is 5.75 Å². The van der Waals surface area contributed by atoms with E-state index in [2.05, 4.69) is 5.10 Å². The van der Waals surface area contributed by atoms with Gasteiger partial charge in [0.15, 0.2) is 0 Å². The minimum atomic E-state index is -0.298. The molecule has 0 saturated carbocycles. The normalized spacial score (nSPS) is 10.8. The average Bonchev–Trinajstić information content (AvgIpc) is 3.23. The highest BCUT2D eigenvalue weighted by Crippen LogP contribution is 2.20. The molecule has 0 aliphatic carbocycles. The average molecular weight is 373 g/mol. The van der Waals surface area contributed by atoms with Gasteiger partial charge in [0.1, 0.15) is 18.2 Å². The fraction of sp³-hybridized carbons (Fsp3) is 0.263. The SMILES string of the molecule is Cc1c(CN(C)C(=O)c2cc(COc3ccc(F)cc3)cs2)cnn1C. The van der Waals surface area contributed by atoms with Crippen LogP contribution < -0.4 is 4.74 Å². The number of hydrogen-bond donors (Lipinski definition) is 0. The van der Waals surface area contributed by atoms with Crippen molar-refractivity contribution >= 4 is 17.2 Å². The van der Waals surface area contributed by atoms with Gasteiger partial charge in [0.05, 0.1) is 11.1 Å².